The number of phosphoric acid groups is 2. The fraction of sp³-hybridized carbons (Fsp3) is 0.488. The van der Waals surface area contributed by atoms with Crippen LogP contribution in [0, 0.1) is 11.6 Å². The summed E-state index contributed by atoms with van der Waals surface area (Å²) in [6.07, 6.45) is -5.97. The number of alkyl halides is 2. The number of halogens is 6. The van der Waals surface area contributed by atoms with E-state index >= 15 is 8.78 Å². The summed E-state index contributed by atoms with van der Waals surface area (Å²) in [5.74, 6) is -2.77. The van der Waals surface area contributed by atoms with Gasteiger partial charge in [-0.1, -0.05) is 29.8 Å². The van der Waals surface area contributed by atoms with Gasteiger partial charge in [0.1, 0.15) is 36.1 Å². The van der Waals surface area contributed by atoms with E-state index in [4.69, 9.17) is 59.8 Å². The lowest BCUT2D eigenvalue weighted by Gasteiger charge is -2.33. The zero-order chi connectivity index (χ0) is 47.9. The largest absolute Gasteiger partial charge is 0.475 e. The van der Waals surface area contributed by atoms with Crippen molar-refractivity contribution in [3.8, 4) is 0 Å². The standard InChI is InChI=1S/C21H23ClF2NO7P.C20H21ClF2NO8P/c1-12-5-7-25(18(26)9-12)20-21(2,24)19(27)17(31-20)11-30-33(28)29-8-6-16(32-33)14-10-13(22)3-4-15(14)23;1-20(23)18(27)16(31-19(20)24-6-4-12(25)9-17(24)26)10-30-33(28)29-7-5-15(32-33)13-8-11(21)2-3-14(13)22/h3-5,7,10,16-17,19-20,27H,1,6,8-9,11H2,2H3;2-4,6,8,15-16,18-19,27H,5,7,9-10H2,1H3/t16-,17-,19-,20-,21-,33-;15-,16-,18-,19-,20-,33?/m11/s1. The number of aliphatic hydroxyl groups is 2. The van der Waals surface area contributed by atoms with Gasteiger partial charge in [-0.25, -0.2) is 26.7 Å². The summed E-state index contributed by atoms with van der Waals surface area (Å²) in [6, 6.07) is 7.75. The summed E-state index contributed by atoms with van der Waals surface area (Å²) < 4.78 is 128. The van der Waals surface area contributed by atoms with Crippen molar-refractivity contribution in [3.63, 3.8) is 0 Å². The molecule has 8 rings (SSSR count). The number of ketones is 1. The minimum Gasteiger partial charge on any atom is -0.387 e. The number of amides is 2. The van der Waals surface area contributed by atoms with Gasteiger partial charge < -0.3 is 19.7 Å². The van der Waals surface area contributed by atoms with Gasteiger partial charge in [0.25, 0.3) is 0 Å². The van der Waals surface area contributed by atoms with Crippen LogP contribution >= 0.6 is 38.8 Å². The number of rotatable bonds is 10. The lowest BCUT2D eigenvalue weighted by atomic mass is 9.97. The van der Waals surface area contributed by atoms with E-state index in [9.17, 15) is 42.5 Å². The molecule has 0 aromatic heterocycles. The van der Waals surface area contributed by atoms with Crippen LogP contribution < -0.4 is 0 Å². The fourth-order valence-electron chi connectivity index (χ4n) is 7.71. The van der Waals surface area contributed by atoms with E-state index in [1.807, 2.05) is 0 Å². The van der Waals surface area contributed by atoms with Crippen LogP contribution in [0.25, 0.3) is 0 Å². The van der Waals surface area contributed by atoms with Crippen molar-refractivity contribution in [3.05, 3.63) is 106 Å². The Morgan fingerprint density at radius 1 is 0.742 bits per heavy atom. The van der Waals surface area contributed by atoms with Gasteiger partial charge in [-0.15, -0.1) is 0 Å². The minimum absolute atomic E-state index is 0.0119. The van der Waals surface area contributed by atoms with Crippen LogP contribution in [0.15, 0.2) is 73.1 Å². The highest BCUT2D eigenvalue weighted by atomic mass is 35.5. The second-order valence-electron chi connectivity index (χ2n) is 16.2. The molecule has 1 unspecified atom stereocenters. The van der Waals surface area contributed by atoms with E-state index in [0.29, 0.717) is 5.57 Å². The molecule has 66 heavy (non-hydrogen) atoms. The molecular formula is C41H44Cl2F4N2O15P2. The van der Waals surface area contributed by atoms with Gasteiger partial charge >= 0.3 is 15.6 Å². The molecule has 12 atom stereocenters. The van der Waals surface area contributed by atoms with Gasteiger partial charge in [0, 0.05) is 46.4 Å². The highest BCUT2D eigenvalue weighted by molar-refractivity contribution is 7.48. The van der Waals surface area contributed by atoms with Crippen molar-refractivity contribution in [1.82, 2.24) is 9.80 Å². The second kappa shape index (κ2) is 19.9. The third kappa shape index (κ3) is 10.9. The number of hydrogen-bond acceptors (Lipinski definition) is 15. The molecule has 360 valence electrons. The van der Waals surface area contributed by atoms with Crippen LogP contribution in [-0.2, 0) is 60.1 Å². The van der Waals surface area contributed by atoms with E-state index in [0.717, 1.165) is 42.0 Å². The molecule has 25 heteroatoms. The molecule has 6 aliphatic rings. The first-order valence-electron chi connectivity index (χ1n) is 20.3. The quantitative estimate of drug-likeness (QED) is 0.135. The molecule has 0 spiro atoms. The fourth-order valence-corrected chi connectivity index (χ4v) is 10.8. The van der Waals surface area contributed by atoms with Crippen LogP contribution in [0.1, 0.15) is 62.9 Å². The van der Waals surface area contributed by atoms with Crippen molar-refractivity contribution in [2.24, 2.45) is 0 Å². The van der Waals surface area contributed by atoms with Gasteiger partial charge in [0.2, 0.25) is 11.8 Å². The Balaban J connectivity index is 0.000000196. The maximum atomic E-state index is 15.3. The Labute approximate surface area is 385 Å². The molecule has 0 saturated carbocycles. The van der Waals surface area contributed by atoms with Crippen molar-refractivity contribution < 1.29 is 87.9 Å². The van der Waals surface area contributed by atoms with Gasteiger partial charge in [-0.05, 0) is 68.0 Å². The normalized spacial score (nSPS) is 37.1. The summed E-state index contributed by atoms with van der Waals surface area (Å²) in [5, 5.41) is 21.4. The Bertz CT molecular complexity index is 2230. The Morgan fingerprint density at radius 3 is 1.59 bits per heavy atom. The number of carbonyl (C=O) groups excluding carboxylic acids is 3. The molecule has 6 aliphatic heterocycles. The molecule has 2 aromatic rings. The van der Waals surface area contributed by atoms with Crippen molar-refractivity contribution >= 4 is 56.4 Å². The third-order valence-corrected chi connectivity index (χ3v) is 14.7. The van der Waals surface area contributed by atoms with Crippen molar-refractivity contribution in [2.75, 3.05) is 26.4 Å². The summed E-state index contributed by atoms with van der Waals surface area (Å²) in [7, 11) is -8.42. The maximum absolute atomic E-state index is 15.3. The molecule has 0 bridgehead atoms. The smallest absolute Gasteiger partial charge is 0.387 e. The molecule has 2 N–H and O–H groups in total. The molecule has 2 amide bonds. The van der Waals surface area contributed by atoms with Gasteiger partial charge in [-0.3, -0.25) is 51.3 Å². The lowest BCUT2D eigenvalue weighted by molar-refractivity contribution is -0.151. The average Bonchev–Trinajstić information content (AvgIpc) is 3.62. The van der Waals surface area contributed by atoms with Crippen LogP contribution in [0.5, 0.6) is 0 Å². The Morgan fingerprint density at radius 2 is 1.17 bits per heavy atom. The highest BCUT2D eigenvalue weighted by Crippen LogP contribution is 2.59. The van der Waals surface area contributed by atoms with Crippen molar-refractivity contribution in [2.45, 2.75) is 99.9 Å². The predicted octanol–water partition coefficient (Wildman–Crippen LogP) is 7.41. The zero-order valence-electron chi connectivity index (χ0n) is 35.0. The summed E-state index contributed by atoms with van der Waals surface area (Å²) >= 11 is 11.8. The summed E-state index contributed by atoms with van der Waals surface area (Å²) in [6.45, 7) is 4.53. The first kappa shape index (κ1) is 50.5. The van der Waals surface area contributed by atoms with Crippen molar-refractivity contribution in [1.29, 1.82) is 0 Å². The molecule has 4 fully saturated rings. The Kier molecular flexibility index (Phi) is 15.2. The van der Waals surface area contributed by atoms with Gasteiger partial charge in [0.15, 0.2) is 29.6 Å². The van der Waals surface area contributed by atoms with Crippen LogP contribution in [0.2, 0.25) is 10.0 Å². The SMILES string of the molecule is C=C1C=CN([C@@H]2O[C@H](CO[P@@]3(=O)OCC[C@H](c4cc(Cl)ccc4F)O3)[C@@H](O)[C@@]2(C)F)C(=O)C1.C[C@@]1(F)[C@H](O)[C@@H](COP2(=O)OCC[C@H](c3cc(Cl)ccc3F)O2)O[C@H]1N1C=CC(=O)CC1=O. The first-order valence-corrected chi connectivity index (χ1v) is 24.0. The molecule has 0 aliphatic carbocycles. The number of phosphoric ester groups is 2. The summed E-state index contributed by atoms with van der Waals surface area (Å²) in [4.78, 5) is 37.8. The Hall–Kier alpha value is -3.37. The molecule has 0 radical (unpaired) electrons. The molecule has 4 saturated heterocycles. The molecule has 6 heterocycles. The zero-order valence-corrected chi connectivity index (χ0v) is 38.3. The third-order valence-electron chi connectivity index (χ3n) is 11.3. The predicted molar refractivity (Wildman–Crippen MR) is 222 cm³/mol. The number of aliphatic hydroxyl groups excluding tert-OH is 2. The first-order chi connectivity index (χ1) is 31.0. The minimum atomic E-state index is -4.23. The van der Waals surface area contributed by atoms with E-state index in [-0.39, 0.29) is 53.6 Å². The van der Waals surface area contributed by atoms with E-state index in [2.05, 4.69) is 6.58 Å². The number of carbonyl (C=O) groups is 3. The van der Waals surface area contributed by atoms with Gasteiger partial charge in [0.05, 0.1) is 51.5 Å². The lowest BCUT2D eigenvalue weighted by Crippen LogP contribution is -2.51. The molecule has 17 nitrogen and oxygen atoms in total. The van der Waals surface area contributed by atoms with E-state index in [1.165, 1.54) is 36.5 Å². The number of ether oxygens (including phenoxy) is 2. The highest BCUT2D eigenvalue weighted by Gasteiger charge is 2.59. The van der Waals surface area contributed by atoms with Crippen LogP contribution in [0.4, 0.5) is 17.6 Å². The monoisotopic (exact) mass is 1010 g/mol. The topological polar surface area (TPSA) is 206 Å². The molecular weight excluding hydrogens is 969 g/mol. The molecule has 2 aromatic carbocycles. The van der Waals surface area contributed by atoms with Gasteiger partial charge in [-0.2, -0.15) is 0 Å². The van der Waals surface area contributed by atoms with Crippen LogP contribution in [-0.4, -0.2) is 112 Å². The number of benzene rings is 2. The van der Waals surface area contributed by atoms with E-state index < -0.39 is 125 Å². The van der Waals surface area contributed by atoms with Crippen LogP contribution in [0.3, 0.4) is 0 Å². The average molecular weight is 1010 g/mol. The number of allylic oxidation sites excluding steroid dienone is 2. The maximum Gasteiger partial charge on any atom is 0.475 e. The number of nitrogens with zero attached hydrogens (tertiary/aromatic N) is 2. The second-order valence-corrected chi connectivity index (χ2v) is 20.3. The van der Waals surface area contributed by atoms with E-state index in [1.54, 1.807) is 6.08 Å². The summed E-state index contributed by atoms with van der Waals surface area (Å²) in [5.41, 5.74) is -4.04. The number of hydrogen-bond donors (Lipinski definition) is 2.